The van der Waals surface area contributed by atoms with E-state index < -0.39 is 5.97 Å². The van der Waals surface area contributed by atoms with Gasteiger partial charge >= 0.3 is 5.97 Å². The van der Waals surface area contributed by atoms with Gasteiger partial charge in [-0.15, -0.1) is 0 Å². The minimum atomic E-state index is -0.613. The molecular weight excluding hydrogens is 346 g/mol. The fraction of sp³-hybridized carbons (Fsp3) is 0.150. The Kier molecular flexibility index (Phi) is 6.81. The summed E-state index contributed by atoms with van der Waals surface area (Å²) in [6, 6.07) is 15.7. The molecular formula is C20H17N3O4. The maximum atomic E-state index is 11.8. The number of allylic oxidation sites excluding steroid dienone is 1. The van der Waals surface area contributed by atoms with Crippen molar-refractivity contribution < 1.29 is 19.1 Å². The van der Waals surface area contributed by atoms with Crippen molar-refractivity contribution in [3.05, 3.63) is 59.2 Å². The molecule has 0 aliphatic rings. The largest absolute Gasteiger partial charge is 0.493 e. The Hall–Kier alpha value is -3.97. The molecule has 0 bridgehead atoms. The number of nitriles is 2. The number of hydrogen-bond acceptors (Lipinski definition) is 7. The van der Waals surface area contributed by atoms with Crippen LogP contribution in [0.4, 0.5) is 5.69 Å². The molecule has 0 fully saturated rings. The second kappa shape index (κ2) is 9.50. The second-order valence-electron chi connectivity index (χ2n) is 5.42. The number of ether oxygens (including phenoxy) is 2. The van der Waals surface area contributed by atoms with Crippen molar-refractivity contribution >= 4 is 17.7 Å². The van der Waals surface area contributed by atoms with Crippen LogP contribution in [0.2, 0.25) is 0 Å². The molecule has 0 saturated carbocycles. The number of aryl methyl sites for hydroxylation is 1. The fourth-order valence-corrected chi connectivity index (χ4v) is 2.05. The minimum Gasteiger partial charge on any atom is -0.493 e. The van der Waals surface area contributed by atoms with Crippen LogP contribution in [0.5, 0.6) is 11.5 Å². The van der Waals surface area contributed by atoms with E-state index in [9.17, 15) is 4.79 Å². The van der Waals surface area contributed by atoms with E-state index in [4.69, 9.17) is 24.8 Å². The lowest BCUT2D eigenvalue weighted by Gasteiger charge is -2.11. The van der Waals surface area contributed by atoms with Crippen molar-refractivity contribution in [2.75, 3.05) is 19.2 Å². The van der Waals surface area contributed by atoms with E-state index in [1.165, 1.54) is 13.2 Å². The molecule has 136 valence electrons. The van der Waals surface area contributed by atoms with Crippen LogP contribution in [-0.2, 0) is 9.63 Å². The summed E-state index contributed by atoms with van der Waals surface area (Å²) in [6.07, 6.45) is 1.42. The van der Waals surface area contributed by atoms with Gasteiger partial charge in [0, 0.05) is 0 Å². The van der Waals surface area contributed by atoms with Crippen molar-refractivity contribution in [2.45, 2.75) is 6.92 Å². The highest BCUT2D eigenvalue weighted by Gasteiger charge is 2.10. The van der Waals surface area contributed by atoms with E-state index in [0.717, 1.165) is 5.56 Å². The van der Waals surface area contributed by atoms with Gasteiger partial charge in [0.25, 0.3) is 0 Å². The van der Waals surface area contributed by atoms with Gasteiger partial charge in [-0.3, -0.25) is 0 Å². The van der Waals surface area contributed by atoms with E-state index >= 15 is 0 Å². The number of carbonyl (C=O) groups is 1. The molecule has 0 amide bonds. The molecule has 0 aromatic heterocycles. The molecule has 27 heavy (non-hydrogen) atoms. The first kappa shape index (κ1) is 19.4. The van der Waals surface area contributed by atoms with E-state index in [1.807, 2.05) is 19.1 Å². The Balaban J connectivity index is 1.95. The number of carbonyl (C=O) groups excluding carboxylic acids is 1. The summed E-state index contributed by atoms with van der Waals surface area (Å²) in [5.74, 6) is 0.0773. The highest BCUT2D eigenvalue weighted by atomic mass is 16.7. The summed E-state index contributed by atoms with van der Waals surface area (Å²) in [5, 5.41) is 17.6. The van der Waals surface area contributed by atoms with Crippen molar-refractivity contribution in [3.63, 3.8) is 0 Å². The lowest BCUT2D eigenvalue weighted by molar-refractivity contribution is -0.143. The second-order valence-corrected chi connectivity index (χ2v) is 5.42. The maximum Gasteiger partial charge on any atom is 0.369 e. The van der Waals surface area contributed by atoms with Gasteiger partial charge in [0.15, 0.2) is 18.1 Å². The van der Waals surface area contributed by atoms with Gasteiger partial charge in [0.1, 0.15) is 17.7 Å². The van der Waals surface area contributed by atoms with E-state index in [1.54, 1.807) is 42.5 Å². The monoisotopic (exact) mass is 363 g/mol. The third kappa shape index (κ3) is 5.80. The van der Waals surface area contributed by atoms with Gasteiger partial charge in [0.05, 0.1) is 12.8 Å². The van der Waals surface area contributed by atoms with Crippen LogP contribution in [0.1, 0.15) is 11.1 Å². The molecule has 7 heteroatoms. The van der Waals surface area contributed by atoms with E-state index in [2.05, 4.69) is 5.48 Å². The minimum absolute atomic E-state index is 0.0310. The molecule has 2 rings (SSSR count). The van der Waals surface area contributed by atoms with Crippen LogP contribution < -0.4 is 15.0 Å². The molecule has 2 aromatic rings. The summed E-state index contributed by atoms with van der Waals surface area (Å²) in [6.45, 7) is 1.63. The Morgan fingerprint density at radius 3 is 2.44 bits per heavy atom. The molecule has 0 heterocycles. The molecule has 0 aliphatic heterocycles. The molecule has 0 atom stereocenters. The quantitative estimate of drug-likeness (QED) is 0.594. The number of nitrogens with one attached hydrogen (secondary N) is 1. The van der Waals surface area contributed by atoms with Gasteiger partial charge < -0.3 is 14.3 Å². The predicted octanol–water partition coefficient (Wildman–Crippen LogP) is 3.38. The average molecular weight is 363 g/mol. The first-order valence-corrected chi connectivity index (χ1v) is 7.91. The number of anilines is 1. The summed E-state index contributed by atoms with van der Waals surface area (Å²) in [5.41, 5.74) is 4.86. The SMILES string of the molecule is COc1cc(C=C(C#N)C#N)ccc1OCC(=O)ONc1ccc(C)cc1. The van der Waals surface area contributed by atoms with Gasteiger partial charge in [-0.25, -0.2) is 10.3 Å². The van der Waals surface area contributed by atoms with Gasteiger partial charge in [-0.1, -0.05) is 23.8 Å². The highest BCUT2D eigenvalue weighted by molar-refractivity contribution is 5.72. The normalized spacial score (nSPS) is 9.33. The number of methoxy groups -OCH3 is 1. The number of benzene rings is 2. The Labute approximate surface area is 157 Å². The first-order chi connectivity index (χ1) is 13.0. The van der Waals surface area contributed by atoms with Gasteiger partial charge in [0.2, 0.25) is 0 Å². The first-order valence-electron chi connectivity index (χ1n) is 7.91. The van der Waals surface area contributed by atoms with Crippen LogP contribution >= 0.6 is 0 Å². The smallest absolute Gasteiger partial charge is 0.369 e. The van der Waals surface area contributed by atoms with Gasteiger partial charge in [-0.2, -0.15) is 10.5 Å². The number of hydrogen-bond donors (Lipinski definition) is 1. The average Bonchev–Trinajstić information content (AvgIpc) is 2.70. The Morgan fingerprint density at radius 2 is 1.81 bits per heavy atom. The molecule has 1 N–H and O–H groups in total. The van der Waals surface area contributed by atoms with Crippen molar-refractivity contribution in [1.82, 2.24) is 0 Å². The molecule has 0 unspecified atom stereocenters. The highest BCUT2D eigenvalue weighted by Crippen LogP contribution is 2.29. The zero-order chi connectivity index (χ0) is 19.6. The van der Waals surface area contributed by atoms with Crippen LogP contribution in [0.25, 0.3) is 6.08 Å². The van der Waals surface area contributed by atoms with Crippen LogP contribution in [0, 0.1) is 29.6 Å². The lowest BCUT2D eigenvalue weighted by Crippen LogP contribution is -2.18. The van der Waals surface area contributed by atoms with E-state index in [0.29, 0.717) is 22.7 Å². The maximum absolute atomic E-state index is 11.8. The third-order valence-corrected chi connectivity index (χ3v) is 3.42. The van der Waals surface area contributed by atoms with Gasteiger partial charge in [-0.05, 0) is 42.8 Å². The molecule has 0 saturated heterocycles. The predicted molar refractivity (Wildman–Crippen MR) is 98.6 cm³/mol. The zero-order valence-electron chi connectivity index (χ0n) is 14.9. The van der Waals surface area contributed by atoms with Crippen molar-refractivity contribution in [1.29, 1.82) is 10.5 Å². The topological polar surface area (TPSA) is 104 Å². The standard InChI is InChI=1S/C20H17N3O4/c1-14-3-6-17(7-4-14)23-27-20(24)13-26-18-8-5-15(10-19(18)25-2)9-16(11-21)12-22/h3-10,23H,13H2,1-2H3. The van der Waals surface area contributed by atoms with Crippen LogP contribution in [-0.4, -0.2) is 19.7 Å². The summed E-state index contributed by atoms with van der Waals surface area (Å²) < 4.78 is 10.6. The number of nitrogens with zero attached hydrogens (tertiary/aromatic N) is 2. The lowest BCUT2D eigenvalue weighted by atomic mass is 10.1. The van der Waals surface area contributed by atoms with Crippen molar-refractivity contribution in [3.8, 4) is 23.6 Å². The molecule has 0 radical (unpaired) electrons. The third-order valence-electron chi connectivity index (χ3n) is 3.42. The number of rotatable bonds is 7. The van der Waals surface area contributed by atoms with Crippen LogP contribution in [0.15, 0.2) is 48.0 Å². The molecule has 0 aliphatic carbocycles. The van der Waals surface area contributed by atoms with Crippen molar-refractivity contribution in [2.24, 2.45) is 0 Å². The summed E-state index contributed by atoms with van der Waals surface area (Å²) in [4.78, 5) is 16.7. The fourth-order valence-electron chi connectivity index (χ4n) is 2.05. The van der Waals surface area contributed by atoms with E-state index in [-0.39, 0.29) is 12.2 Å². The molecule has 0 spiro atoms. The summed E-state index contributed by atoms with van der Waals surface area (Å²) >= 11 is 0. The zero-order valence-corrected chi connectivity index (χ0v) is 14.9. The van der Waals surface area contributed by atoms with Crippen LogP contribution in [0.3, 0.4) is 0 Å². The summed E-state index contributed by atoms with van der Waals surface area (Å²) in [7, 11) is 1.45. The Bertz CT molecular complexity index is 906. The Morgan fingerprint density at radius 1 is 1.11 bits per heavy atom. The molecule has 2 aromatic carbocycles. The molecule has 7 nitrogen and oxygen atoms in total.